The van der Waals surface area contributed by atoms with E-state index in [4.69, 9.17) is 4.74 Å². The molecule has 4 heteroatoms. The quantitative estimate of drug-likeness (QED) is 0.879. The third kappa shape index (κ3) is 3.66. The number of carbonyl (C=O) groups excluding carboxylic acids is 1. The van der Waals surface area contributed by atoms with Crippen molar-refractivity contribution >= 4 is 21.9 Å². The number of carbonyl (C=O) groups is 1. The molecule has 1 N–H and O–H groups in total. The van der Waals surface area contributed by atoms with Gasteiger partial charge in [-0.25, -0.2) is 4.79 Å². The summed E-state index contributed by atoms with van der Waals surface area (Å²) in [5.74, 6) is -0.430. The number of benzene rings is 2. The minimum absolute atomic E-state index is 0.199. The number of aliphatic hydroxyl groups excluding tert-OH is 1. The van der Waals surface area contributed by atoms with Gasteiger partial charge in [-0.3, -0.25) is 0 Å². The molecule has 0 atom stereocenters. The van der Waals surface area contributed by atoms with Gasteiger partial charge in [-0.15, -0.1) is 0 Å². The second-order valence-corrected chi connectivity index (χ2v) is 4.94. The molecule has 0 saturated heterocycles. The van der Waals surface area contributed by atoms with E-state index in [2.05, 4.69) is 15.9 Å². The van der Waals surface area contributed by atoms with Gasteiger partial charge in [0.25, 0.3) is 0 Å². The van der Waals surface area contributed by atoms with Gasteiger partial charge in [0.1, 0.15) is 6.61 Å². The van der Waals surface area contributed by atoms with E-state index in [1.807, 2.05) is 30.3 Å². The van der Waals surface area contributed by atoms with Crippen molar-refractivity contribution < 1.29 is 14.6 Å². The van der Waals surface area contributed by atoms with Gasteiger partial charge in [-0.2, -0.15) is 0 Å². The van der Waals surface area contributed by atoms with Crippen LogP contribution >= 0.6 is 15.9 Å². The van der Waals surface area contributed by atoms with Gasteiger partial charge in [-0.1, -0.05) is 46.3 Å². The first-order valence-corrected chi connectivity index (χ1v) is 6.60. The van der Waals surface area contributed by atoms with Crippen molar-refractivity contribution in [2.24, 2.45) is 0 Å². The molecular formula is C15H13BrO3. The van der Waals surface area contributed by atoms with Crippen LogP contribution in [0.25, 0.3) is 0 Å². The van der Waals surface area contributed by atoms with Crippen LogP contribution in [0.5, 0.6) is 0 Å². The van der Waals surface area contributed by atoms with Crippen molar-refractivity contribution in [2.75, 3.05) is 0 Å². The van der Waals surface area contributed by atoms with Crippen molar-refractivity contribution in [1.82, 2.24) is 0 Å². The minimum atomic E-state index is -0.430. The van der Waals surface area contributed by atoms with Gasteiger partial charge in [-0.05, 0) is 29.3 Å². The lowest BCUT2D eigenvalue weighted by Gasteiger charge is -2.08. The summed E-state index contributed by atoms with van der Waals surface area (Å²) in [6.07, 6.45) is 0. The van der Waals surface area contributed by atoms with E-state index >= 15 is 0 Å². The van der Waals surface area contributed by atoms with Crippen LogP contribution in [0.15, 0.2) is 53.0 Å². The molecule has 0 aromatic heterocycles. The summed E-state index contributed by atoms with van der Waals surface area (Å²) in [5.41, 5.74) is 1.87. The second kappa shape index (κ2) is 6.50. The standard InChI is InChI=1S/C15H13BrO3/c16-13-6-7-14(12(8-13)9-17)15(18)19-10-11-4-2-1-3-5-11/h1-8,17H,9-10H2. The van der Waals surface area contributed by atoms with E-state index < -0.39 is 5.97 Å². The molecule has 19 heavy (non-hydrogen) atoms. The maximum absolute atomic E-state index is 12.0. The van der Waals surface area contributed by atoms with Crippen LogP contribution in [0.4, 0.5) is 0 Å². The molecule has 2 rings (SSSR count). The number of aliphatic hydroxyl groups is 1. The third-order valence-electron chi connectivity index (χ3n) is 2.67. The van der Waals surface area contributed by atoms with E-state index in [1.54, 1.807) is 18.2 Å². The zero-order valence-electron chi connectivity index (χ0n) is 10.2. The molecule has 0 saturated carbocycles. The first-order valence-electron chi connectivity index (χ1n) is 5.81. The van der Waals surface area contributed by atoms with Crippen molar-refractivity contribution in [2.45, 2.75) is 13.2 Å². The molecule has 0 bridgehead atoms. The highest BCUT2D eigenvalue weighted by Crippen LogP contribution is 2.18. The molecule has 0 radical (unpaired) electrons. The van der Waals surface area contributed by atoms with Gasteiger partial charge in [0, 0.05) is 4.47 Å². The maximum Gasteiger partial charge on any atom is 0.338 e. The minimum Gasteiger partial charge on any atom is -0.457 e. The predicted molar refractivity (Wildman–Crippen MR) is 75.6 cm³/mol. The van der Waals surface area contributed by atoms with Crippen LogP contribution in [0, 0.1) is 0 Å². The van der Waals surface area contributed by atoms with Gasteiger partial charge in [0.15, 0.2) is 0 Å². The molecule has 2 aromatic carbocycles. The zero-order chi connectivity index (χ0) is 13.7. The fourth-order valence-corrected chi connectivity index (χ4v) is 2.10. The van der Waals surface area contributed by atoms with E-state index in [0.29, 0.717) is 11.1 Å². The Balaban J connectivity index is 2.08. The van der Waals surface area contributed by atoms with Gasteiger partial charge < -0.3 is 9.84 Å². The lowest BCUT2D eigenvalue weighted by molar-refractivity contribution is 0.0469. The fraction of sp³-hybridized carbons (Fsp3) is 0.133. The Kier molecular flexibility index (Phi) is 4.71. The van der Waals surface area contributed by atoms with Crippen LogP contribution in [-0.2, 0) is 18.0 Å². The Labute approximate surface area is 120 Å². The highest BCUT2D eigenvalue weighted by atomic mass is 79.9. The summed E-state index contributed by atoms with van der Waals surface area (Å²) in [6, 6.07) is 14.6. The third-order valence-corrected chi connectivity index (χ3v) is 3.16. The maximum atomic E-state index is 12.0. The molecule has 0 aliphatic carbocycles. The summed E-state index contributed by atoms with van der Waals surface area (Å²) in [7, 11) is 0. The molecule has 0 spiro atoms. The Morgan fingerprint density at radius 3 is 2.58 bits per heavy atom. The number of esters is 1. The Morgan fingerprint density at radius 2 is 1.89 bits per heavy atom. The lowest BCUT2D eigenvalue weighted by atomic mass is 10.1. The number of rotatable bonds is 4. The molecule has 98 valence electrons. The largest absolute Gasteiger partial charge is 0.457 e. The van der Waals surface area contributed by atoms with E-state index in [9.17, 15) is 9.90 Å². The average molecular weight is 321 g/mol. The normalized spacial score (nSPS) is 10.2. The Bertz CT molecular complexity index is 567. The number of halogens is 1. The van der Waals surface area contributed by atoms with E-state index in [1.165, 1.54) is 0 Å². The van der Waals surface area contributed by atoms with E-state index in [-0.39, 0.29) is 13.2 Å². The lowest BCUT2D eigenvalue weighted by Crippen LogP contribution is -2.08. The molecule has 2 aromatic rings. The highest BCUT2D eigenvalue weighted by Gasteiger charge is 2.12. The first kappa shape index (κ1) is 13.8. The van der Waals surface area contributed by atoms with Crippen LogP contribution in [0.2, 0.25) is 0 Å². The van der Waals surface area contributed by atoms with Crippen molar-refractivity contribution in [3.05, 3.63) is 69.7 Å². The topological polar surface area (TPSA) is 46.5 Å². The van der Waals surface area contributed by atoms with Crippen LogP contribution in [0.1, 0.15) is 21.5 Å². The first-order chi connectivity index (χ1) is 9.20. The predicted octanol–water partition coefficient (Wildman–Crippen LogP) is 3.30. The van der Waals surface area contributed by atoms with Crippen molar-refractivity contribution in [3.63, 3.8) is 0 Å². The Hall–Kier alpha value is -1.65. The SMILES string of the molecule is O=C(OCc1ccccc1)c1ccc(Br)cc1CO. The summed E-state index contributed by atoms with van der Waals surface area (Å²) in [4.78, 5) is 12.0. The van der Waals surface area contributed by atoms with E-state index in [0.717, 1.165) is 10.0 Å². The van der Waals surface area contributed by atoms with Crippen LogP contribution < -0.4 is 0 Å². The highest BCUT2D eigenvalue weighted by molar-refractivity contribution is 9.10. The van der Waals surface area contributed by atoms with Crippen LogP contribution in [-0.4, -0.2) is 11.1 Å². The van der Waals surface area contributed by atoms with Crippen LogP contribution in [0.3, 0.4) is 0 Å². The summed E-state index contributed by atoms with van der Waals surface area (Å²) >= 11 is 3.30. The molecule has 3 nitrogen and oxygen atoms in total. The van der Waals surface area contributed by atoms with Gasteiger partial charge >= 0.3 is 5.97 Å². The average Bonchev–Trinajstić information content (AvgIpc) is 2.45. The van der Waals surface area contributed by atoms with Crippen molar-refractivity contribution in [1.29, 1.82) is 0 Å². The van der Waals surface area contributed by atoms with Crippen molar-refractivity contribution in [3.8, 4) is 0 Å². The molecule has 0 heterocycles. The zero-order valence-corrected chi connectivity index (χ0v) is 11.8. The number of hydrogen-bond donors (Lipinski definition) is 1. The van der Waals surface area contributed by atoms with Gasteiger partial charge in [0.2, 0.25) is 0 Å². The monoisotopic (exact) mass is 320 g/mol. The molecule has 0 fully saturated rings. The molecule has 0 aliphatic rings. The summed E-state index contributed by atoms with van der Waals surface area (Å²) in [5, 5.41) is 9.25. The number of ether oxygens (including phenoxy) is 1. The molecule has 0 aliphatic heterocycles. The summed E-state index contributed by atoms with van der Waals surface area (Å²) < 4.78 is 6.05. The van der Waals surface area contributed by atoms with Gasteiger partial charge in [0.05, 0.1) is 12.2 Å². The smallest absolute Gasteiger partial charge is 0.338 e. The Morgan fingerprint density at radius 1 is 1.16 bits per heavy atom. The molecule has 0 unspecified atom stereocenters. The fourth-order valence-electron chi connectivity index (χ4n) is 1.69. The number of hydrogen-bond acceptors (Lipinski definition) is 3. The molecular weight excluding hydrogens is 308 g/mol. The second-order valence-electron chi connectivity index (χ2n) is 4.02. The summed E-state index contributed by atoms with van der Waals surface area (Å²) in [6.45, 7) is 0.0236. The molecule has 0 amide bonds.